The van der Waals surface area contributed by atoms with Crippen LogP contribution in [0.1, 0.15) is 12.0 Å². The second-order valence-corrected chi connectivity index (χ2v) is 4.40. The van der Waals surface area contributed by atoms with Crippen molar-refractivity contribution in [1.29, 1.82) is 0 Å². The maximum atomic E-state index is 12.6. The number of nitrogens with zero attached hydrogens (tertiary/aromatic N) is 4. The Labute approximate surface area is 117 Å². The number of anilines is 1. The largest absolute Gasteiger partial charge is 0.416 e. The second kappa shape index (κ2) is 6.08. The van der Waals surface area contributed by atoms with Crippen LogP contribution in [0, 0.1) is 0 Å². The topological polar surface area (TPSA) is 55.6 Å². The monoisotopic (exact) mass is 305 g/mol. The van der Waals surface area contributed by atoms with Crippen LogP contribution in [-0.4, -0.2) is 26.5 Å². The fourth-order valence-corrected chi connectivity index (χ4v) is 1.77. The van der Waals surface area contributed by atoms with Crippen molar-refractivity contribution >= 4 is 17.4 Å². The molecule has 5 nitrogen and oxygen atoms in total. The molecule has 108 valence electrons. The molecule has 20 heavy (non-hydrogen) atoms. The van der Waals surface area contributed by atoms with Crippen molar-refractivity contribution in [2.75, 3.05) is 11.9 Å². The second-order valence-electron chi connectivity index (χ2n) is 4.01. The minimum Gasteiger partial charge on any atom is -0.370 e. The van der Waals surface area contributed by atoms with Crippen LogP contribution in [-0.2, 0) is 12.7 Å². The van der Waals surface area contributed by atoms with Crippen LogP contribution in [0.5, 0.6) is 0 Å². The normalized spacial score (nSPS) is 11.6. The first kappa shape index (κ1) is 14.6. The quantitative estimate of drug-likeness (QED) is 0.682. The summed E-state index contributed by atoms with van der Waals surface area (Å²) in [5, 5.41) is 10.0. The van der Waals surface area contributed by atoms with Gasteiger partial charge in [0, 0.05) is 19.3 Å². The molecule has 0 atom stereocenters. The standard InChI is InChI=1S/C11H11ClF3N5/c12-9-6-8(11(13,14)15)7-10(18-9)16-2-1-4-20-5-3-17-19-20/h3,5-7H,1-2,4H2,(H,16,18). The lowest BCUT2D eigenvalue weighted by Crippen LogP contribution is -2.10. The first-order valence-corrected chi connectivity index (χ1v) is 6.16. The van der Waals surface area contributed by atoms with E-state index in [1.54, 1.807) is 17.1 Å². The van der Waals surface area contributed by atoms with Gasteiger partial charge in [-0.2, -0.15) is 13.2 Å². The minimum atomic E-state index is -4.44. The molecule has 0 aliphatic heterocycles. The zero-order valence-corrected chi connectivity index (χ0v) is 11.0. The first-order chi connectivity index (χ1) is 9.45. The zero-order chi connectivity index (χ0) is 14.6. The SMILES string of the molecule is FC(F)(F)c1cc(Cl)nc(NCCCn2ccnn2)c1. The predicted octanol–water partition coefficient (Wildman–Crippen LogP) is 2.85. The molecule has 0 amide bonds. The van der Waals surface area contributed by atoms with Gasteiger partial charge in [-0.15, -0.1) is 5.10 Å². The Morgan fingerprint density at radius 2 is 2.10 bits per heavy atom. The summed E-state index contributed by atoms with van der Waals surface area (Å²) in [5.74, 6) is 0.100. The summed E-state index contributed by atoms with van der Waals surface area (Å²) in [4.78, 5) is 3.80. The molecule has 0 aliphatic carbocycles. The van der Waals surface area contributed by atoms with Gasteiger partial charge in [0.25, 0.3) is 0 Å². The fourth-order valence-electron chi connectivity index (χ4n) is 1.56. The predicted molar refractivity (Wildman–Crippen MR) is 67.4 cm³/mol. The smallest absolute Gasteiger partial charge is 0.370 e. The van der Waals surface area contributed by atoms with Crippen LogP contribution < -0.4 is 5.32 Å². The van der Waals surface area contributed by atoms with Crippen molar-refractivity contribution < 1.29 is 13.2 Å². The van der Waals surface area contributed by atoms with Crippen LogP contribution in [0.4, 0.5) is 19.0 Å². The number of alkyl halides is 3. The Kier molecular flexibility index (Phi) is 4.43. The van der Waals surface area contributed by atoms with Crippen LogP contribution in [0.2, 0.25) is 5.15 Å². The number of nitrogens with one attached hydrogen (secondary N) is 1. The van der Waals surface area contributed by atoms with Crippen LogP contribution in [0.25, 0.3) is 0 Å². The van der Waals surface area contributed by atoms with E-state index in [0.717, 1.165) is 12.1 Å². The van der Waals surface area contributed by atoms with E-state index in [9.17, 15) is 13.2 Å². The summed E-state index contributed by atoms with van der Waals surface area (Å²) < 4.78 is 39.4. The molecular formula is C11H11ClF3N5. The van der Waals surface area contributed by atoms with Gasteiger partial charge in [0.1, 0.15) is 11.0 Å². The zero-order valence-electron chi connectivity index (χ0n) is 10.2. The van der Waals surface area contributed by atoms with E-state index < -0.39 is 11.7 Å². The van der Waals surface area contributed by atoms with Gasteiger partial charge in [-0.1, -0.05) is 16.8 Å². The van der Waals surface area contributed by atoms with Gasteiger partial charge in [0.2, 0.25) is 0 Å². The molecule has 0 saturated heterocycles. The molecule has 0 fully saturated rings. The summed E-state index contributed by atoms with van der Waals surface area (Å²) in [6.07, 6.45) is -0.510. The number of hydrogen-bond acceptors (Lipinski definition) is 4. The average Bonchev–Trinajstić information content (AvgIpc) is 2.86. The van der Waals surface area contributed by atoms with E-state index in [-0.39, 0.29) is 11.0 Å². The van der Waals surface area contributed by atoms with Crippen LogP contribution in [0.3, 0.4) is 0 Å². The van der Waals surface area contributed by atoms with E-state index >= 15 is 0 Å². The van der Waals surface area contributed by atoms with Gasteiger partial charge in [0.15, 0.2) is 0 Å². The van der Waals surface area contributed by atoms with Crippen LogP contribution in [0.15, 0.2) is 24.5 Å². The van der Waals surface area contributed by atoms with E-state index in [1.807, 2.05) is 0 Å². The molecule has 2 heterocycles. The molecule has 2 aromatic heterocycles. The Morgan fingerprint density at radius 3 is 2.75 bits per heavy atom. The lowest BCUT2D eigenvalue weighted by atomic mass is 10.2. The molecule has 1 N–H and O–H groups in total. The van der Waals surface area contributed by atoms with Gasteiger partial charge in [-0.05, 0) is 18.6 Å². The fraction of sp³-hybridized carbons (Fsp3) is 0.364. The highest BCUT2D eigenvalue weighted by molar-refractivity contribution is 6.29. The number of halogens is 4. The molecule has 0 bridgehead atoms. The molecule has 0 unspecified atom stereocenters. The van der Waals surface area contributed by atoms with Gasteiger partial charge in [-0.25, -0.2) is 4.98 Å². The molecule has 2 rings (SSSR count). The summed E-state index contributed by atoms with van der Waals surface area (Å²) in [6.45, 7) is 1.06. The number of pyridine rings is 1. The third kappa shape index (κ3) is 4.09. The lowest BCUT2D eigenvalue weighted by Gasteiger charge is -2.10. The van der Waals surface area contributed by atoms with Gasteiger partial charge in [-0.3, -0.25) is 4.68 Å². The third-order valence-corrected chi connectivity index (χ3v) is 2.66. The molecule has 0 spiro atoms. The van der Waals surface area contributed by atoms with Crippen molar-refractivity contribution in [3.05, 3.63) is 35.2 Å². The maximum absolute atomic E-state index is 12.6. The lowest BCUT2D eigenvalue weighted by molar-refractivity contribution is -0.137. The minimum absolute atomic E-state index is 0.100. The van der Waals surface area contributed by atoms with E-state index in [0.29, 0.717) is 19.5 Å². The van der Waals surface area contributed by atoms with Crippen molar-refractivity contribution in [3.63, 3.8) is 0 Å². The molecule has 0 aliphatic rings. The van der Waals surface area contributed by atoms with Gasteiger partial charge >= 0.3 is 6.18 Å². The maximum Gasteiger partial charge on any atom is 0.416 e. The van der Waals surface area contributed by atoms with Crippen molar-refractivity contribution in [2.24, 2.45) is 0 Å². The molecule has 2 aromatic rings. The Morgan fingerprint density at radius 1 is 1.30 bits per heavy atom. The van der Waals surface area contributed by atoms with E-state index in [2.05, 4.69) is 20.6 Å². The third-order valence-electron chi connectivity index (χ3n) is 2.46. The molecular weight excluding hydrogens is 295 g/mol. The van der Waals surface area contributed by atoms with Crippen LogP contribution >= 0.6 is 11.6 Å². The first-order valence-electron chi connectivity index (χ1n) is 5.78. The highest BCUT2D eigenvalue weighted by Gasteiger charge is 2.31. The molecule has 9 heteroatoms. The number of aryl methyl sites for hydroxylation is 1. The van der Waals surface area contributed by atoms with Crippen molar-refractivity contribution in [3.8, 4) is 0 Å². The summed E-state index contributed by atoms with van der Waals surface area (Å²) in [7, 11) is 0. The Bertz CT molecular complexity index is 556. The molecule has 0 radical (unpaired) electrons. The average molecular weight is 306 g/mol. The van der Waals surface area contributed by atoms with Gasteiger partial charge < -0.3 is 5.32 Å². The highest BCUT2D eigenvalue weighted by atomic mass is 35.5. The highest BCUT2D eigenvalue weighted by Crippen LogP contribution is 2.31. The summed E-state index contributed by atoms with van der Waals surface area (Å²) in [5.41, 5.74) is -0.823. The van der Waals surface area contributed by atoms with E-state index in [1.165, 1.54) is 0 Å². The molecule has 0 aromatic carbocycles. The van der Waals surface area contributed by atoms with Crippen molar-refractivity contribution in [2.45, 2.75) is 19.1 Å². The molecule has 0 saturated carbocycles. The number of rotatable bonds is 5. The Hall–Kier alpha value is -1.83. The van der Waals surface area contributed by atoms with E-state index in [4.69, 9.17) is 11.6 Å². The van der Waals surface area contributed by atoms with Crippen molar-refractivity contribution in [1.82, 2.24) is 20.0 Å². The number of aromatic nitrogens is 4. The summed E-state index contributed by atoms with van der Waals surface area (Å²) >= 11 is 5.58. The Balaban J connectivity index is 1.91. The van der Waals surface area contributed by atoms with Gasteiger partial charge in [0.05, 0.1) is 11.8 Å². The number of hydrogen-bond donors (Lipinski definition) is 1. The summed E-state index contributed by atoms with van der Waals surface area (Å²) in [6, 6.07) is 1.73.